The normalized spacial score (nSPS) is 14.7. The quantitative estimate of drug-likeness (QED) is 0.452. The van der Waals surface area contributed by atoms with Gasteiger partial charge in [-0.1, -0.05) is 30.3 Å². The largest absolute Gasteiger partial charge is 0.351 e. The first kappa shape index (κ1) is 22.3. The minimum atomic E-state index is 0.0855. The molecule has 1 aromatic carbocycles. The Morgan fingerprint density at radius 1 is 0.941 bits per heavy atom. The average molecular weight is 454 g/mol. The number of piperidine rings is 1. The molecule has 6 nitrogen and oxygen atoms in total. The first-order valence-electron chi connectivity index (χ1n) is 12.0. The molecular weight excluding hydrogens is 422 g/mol. The number of likely N-dealkylation sites (tertiary alicyclic amines) is 1. The van der Waals surface area contributed by atoms with Gasteiger partial charge in [-0.05, 0) is 62.1 Å². The predicted molar refractivity (Wildman–Crippen MR) is 134 cm³/mol. The summed E-state index contributed by atoms with van der Waals surface area (Å²) in [6.07, 6.45) is 5.61. The zero-order valence-electron chi connectivity index (χ0n) is 19.9. The Morgan fingerprint density at radius 2 is 1.56 bits per heavy atom. The molecule has 5 rings (SSSR count). The Kier molecular flexibility index (Phi) is 6.41. The molecule has 0 atom stereocenters. The van der Waals surface area contributed by atoms with E-state index in [0.29, 0.717) is 11.7 Å². The van der Waals surface area contributed by atoms with Crippen LogP contribution in [0.3, 0.4) is 0 Å². The van der Waals surface area contributed by atoms with Crippen molar-refractivity contribution in [3.05, 3.63) is 95.2 Å². The van der Waals surface area contributed by atoms with Crippen molar-refractivity contribution in [3.8, 4) is 0 Å². The zero-order valence-corrected chi connectivity index (χ0v) is 19.9. The first-order chi connectivity index (χ1) is 16.6. The SMILES string of the molecule is Cc1cccnc1CN(Cc1ncccc1C)C1CCN(C(=O)c2cc3ccccc3[nH]2)CC1. The van der Waals surface area contributed by atoms with Crippen LogP contribution in [0.1, 0.15) is 45.8 Å². The van der Waals surface area contributed by atoms with Crippen LogP contribution in [-0.2, 0) is 13.1 Å². The molecule has 0 spiro atoms. The Balaban J connectivity index is 1.31. The molecule has 0 unspecified atom stereocenters. The van der Waals surface area contributed by atoms with Gasteiger partial charge in [-0.2, -0.15) is 0 Å². The van der Waals surface area contributed by atoms with Gasteiger partial charge in [-0.3, -0.25) is 19.7 Å². The summed E-state index contributed by atoms with van der Waals surface area (Å²) in [7, 11) is 0. The second-order valence-corrected chi connectivity index (χ2v) is 9.23. The number of carbonyl (C=O) groups excluding carboxylic acids is 1. The van der Waals surface area contributed by atoms with Gasteiger partial charge in [-0.25, -0.2) is 0 Å². The molecule has 1 aliphatic rings. The molecule has 174 valence electrons. The number of hydrogen-bond acceptors (Lipinski definition) is 4. The van der Waals surface area contributed by atoms with Crippen LogP contribution in [-0.4, -0.2) is 49.8 Å². The van der Waals surface area contributed by atoms with Crippen LogP contribution in [0, 0.1) is 13.8 Å². The monoisotopic (exact) mass is 453 g/mol. The molecule has 0 radical (unpaired) electrons. The highest BCUT2D eigenvalue weighted by molar-refractivity contribution is 5.98. The van der Waals surface area contributed by atoms with E-state index in [2.05, 4.69) is 45.8 Å². The summed E-state index contributed by atoms with van der Waals surface area (Å²) in [4.78, 5) is 30.2. The molecule has 34 heavy (non-hydrogen) atoms. The van der Waals surface area contributed by atoms with Crippen molar-refractivity contribution < 1.29 is 4.79 Å². The van der Waals surface area contributed by atoms with E-state index in [1.54, 1.807) is 0 Å². The lowest BCUT2D eigenvalue weighted by atomic mass is 10.0. The van der Waals surface area contributed by atoms with Crippen molar-refractivity contribution in [1.29, 1.82) is 0 Å². The number of aromatic amines is 1. The number of fused-ring (bicyclic) bond motifs is 1. The fraction of sp³-hybridized carbons (Fsp3) is 0.321. The summed E-state index contributed by atoms with van der Waals surface area (Å²) < 4.78 is 0. The number of para-hydroxylation sites is 1. The van der Waals surface area contributed by atoms with E-state index in [-0.39, 0.29) is 5.91 Å². The summed E-state index contributed by atoms with van der Waals surface area (Å²) in [5, 5.41) is 1.07. The molecule has 3 aromatic heterocycles. The fourth-order valence-corrected chi connectivity index (χ4v) is 4.86. The highest BCUT2D eigenvalue weighted by atomic mass is 16.2. The van der Waals surface area contributed by atoms with Crippen molar-refractivity contribution in [2.75, 3.05) is 13.1 Å². The molecule has 1 aliphatic heterocycles. The van der Waals surface area contributed by atoms with Gasteiger partial charge in [0.2, 0.25) is 0 Å². The third-order valence-electron chi connectivity index (χ3n) is 6.97. The van der Waals surface area contributed by atoms with Crippen molar-refractivity contribution in [2.45, 2.75) is 45.8 Å². The minimum absolute atomic E-state index is 0.0855. The Hall–Kier alpha value is -3.51. The highest BCUT2D eigenvalue weighted by Gasteiger charge is 2.29. The molecule has 0 saturated carbocycles. The topological polar surface area (TPSA) is 65.1 Å². The Bertz CT molecular complexity index is 1210. The number of nitrogens with zero attached hydrogens (tertiary/aromatic N) is 4. The van der Waals surface area contributed by atoms with Gasteiger partial charge in [0.05, 0.1) is 11.4 Å². The second-order valence-electron chi connectivity index (χ2n) is 9.23. The van der Waals surface area contributed by atoms with E-state index >= 15 is 0 Å². The van der Waals surface area contributed by atoms with Crippen LogP contribution in [0.2, 0.25) is 0 Å². The van der Waals surface area contributed by atoms with E-state index < -0.39 is 0 Å². The smallest absolute Gasteiger partial charge is 0.270 e. The van der Waals surface area contributed by atoms with Gasteiger partial charge >= 0.3 is 0 Å². The van der Waals surface area contributed by atoms with Gasteiger partial charge in [0.25, 0.3) is 5.91 Å². The van der Waals surface area contributed by atoms with Crippen LogP contribution in [0.5, 0.6) is 0 Å². The molecule has 1 fully saturated rings. The number of hydrogen-bond donors (Lipinski definition) is 1. The standard InChI is InChI=1S/C28H31N5O/c1-20-7-5-13-29-26(20)18-33(19-27-21(2)8-6-14-30-27)23-11-15-32(16-12-23)28(34)25-17-22-9-3-4-10-24(22)31-25/h3-10,13-14,17,23,31H,11-12,15-16,18-19H2,1-2H3. The molecule has 1 N–H and O–H groups in total. The zero-order chi connectivity index (χ0) is 23.5. The van der Waals surface area contributed by atoms with Crippen molar-refractivity contribution >= 4 is 16.8 Å². The number of pyridine rings is 2. The number of aryl methyl sites for hydroxylation is 2. The summed E-state index contributed by atoms with van der Waals surface area (Å²) in [5.74, 6) is 0.0855. The molecule has 1 saturated heterocycles. The van der Waals surface area contributed by atoms with Gasteiger partial charge < -0.3 is 9.88 Å². The number of benzene rings is 1. The average Bonchev–Trinajstić information content (AvgIpc) is 3.30. The Labute approximate surface area is 200 Å². The van der Waals surface area contributed by atoms with Gasteiger partial charge in [0.1, 0.15) is 5.69 Å². The van der Waals surface area contributed by atoms with Gasteiger partial charge in [-0.15, -0.1) is 0 Å². The summed E-state index contributed by atoms with van der Waals surface area (Å²) >= 11 is 0. The predicted octanol–water partition coefficient (Wildman–Crippen LogP) is 4.88. The van der Waals surface area contributed by atoms with Crippen LogP contribution < -0.4 is 0 Å². The van der Waals surface area contributed by atoms with Crippen LogP contribution >= 0.6 is 0 Å². The molecular formula is C28H31N5O. The van der Waals surface area contributed by atoms with Crippen molar-refractivity contribution in [1.82, 2.24) is 24.8 Å². The van der Waals surface area contributed by atoms with Crippen LogP contribution in [0.25, 0.3) is 10.9 Å². The lowest BCUT2D eigenvalue weighted by Gasteiger charge is -2.38. The van der Waals surface area contributed by atoms with E-state index in [9.17, 15) is 4.79 Å². The molecule has 0 aliphatic carbocycles. The lowest BCUT2D eigenvalue weighted by molar-refractivity contribution is 0.0585. The van der Waals surface area contributed by atoms with Gasteiger partial charge in [0, 0.05) is 55.5 Å². The summed E-state index contributed by atoms with van der Waals surface area (Å²) in [6, 6.07) is 18.6. The number of rotatable bonds is 6. The van der Waals surface area contributed by atoms with Crippen molar-refractivity contribution in [3.63, 3.8) is 0 Å². The first-order valence-corrected chi connectivity index (χ1v) is 12.0. The third kappa shape index (κ3) is 4.73. The summed E-state index contributed by atoms with van der Waals surface area (Å²) in [6.45, 7) is 7.30. The number of nitrogens with one attached hydrogen (secondary N) is 1. The maximum Gasteiger partial charge on any atom is 0.270 e. The van der Waals surface area contributed by atoms with Crippen molar-refractivity contribution in [2.24, 2.45) is 0 Å². The van der Waals surface area contributed by atoms with E-state index in [1.807, 2.05) is 59.8 Å². The maximum atomic E-state index is 13.2. The third-order valence-corrected chi connectivity index (χ3v) is 6.97. The van der Waals surface area contributed by atoms with E-state index in [4.69, 9.17) is 0 Å². The number of carbonyl (C=O) groups is 1. The van der Waals surface area contributed by atoms with E-state index in [0.717, 1.165) is 61.3 Å². The van der Waals surface area contributed by atoms with Crippen LogP contribution in [0.15, 0.2) is 67.0 Å². The second kappa shape index (κ2) is 9.77. The highest BCUT2D eigenvalue weighted by Crippen LogP contribution is 2.24. The Morgan fingerprint density at radius 3 is 2.15 bits per heavy atom. The maximum absolute atomic E-state index is 13.2. The van der Waals surface area contributed by atoms with Crippen LogP contribution in [0.4, 0.5) is 0 Å². The molecule has 0 bridgehead atoms. The lowest BCUT2D eigenvalue weighted by Crippen LogP contribution is -2.46. The number of H-pyrrole nitrogens is 1. The molecule has 6 heteroatoms. The van der Waals surface area contributed by atoms with Gasteiger partial charge in [0.15, 0.2) is 0 Å². The van der Waals surface area contributed by atoms with E-state index in [1.165, 1.54) is 11.1 Å². The fourth-order valence-electron chi connectivity index (χ4n) is 4.86. The molecule has 1 amide bonds. The summed E-state index contributed by atoms with van der Waals surface area (Å²) in [5.41, 5.74) is 6.29. The number of aromatic nitrogens is 3. The minimum Gasteiger partial charge on any atom is -0.351 e. The molecule has 4 aromatic rings. The molecule has 4 heterocycles. The number of amides is 1.